The first-order chi connectivity index (χ1) is 8.74. The van der Waals surface area contributed by atoms with Crippen LogP contribution in [0.15, 0.2) is 18.3 Å². The smallest absolute Gasteiger partial charge is 0.251 e. The van der Waals surface area contributed by atoms with Crippen molar-refractivity contribution in [2.75, 3.05) is 19.8 Å². The maximum Gasteiger partial charge on any atom is 0.251 e. The molecular weight excluding hydrogens is 228 g/mol. The Kier molecular flexibility index (Phi) is 7.03. The number of ether oxygens (including phenoxy) is 1. The van der Waals surface area contributed by atoms with Gasteiger partial charge in [0.2, 0.25) is 0 Å². The molecule has 0 fully saturated rings. The zero-order valence-electron chi connectivity index (χ0n) is 11.2. The number of carbonyl (C=O) groups is 1. The monoisotopic (exact) mass is 250 g/mol. The molecule has 0 atom stereocenters. The molecule has 1 amide bonds. The van der Waals surface area contributed by atoms with Crippen LogP contribution in [-0.2, 0) is 4.74 Å². The molecular formula is C14H22N2O2. The van der Waals surface area contributed by atoms with Crippen molar-refractivity contribution in [1.82, 2.24) is 10.3 Å². The van der Waals surface area contributed by atoms with E-state index in [1.807, 2.05) is 6.92 Å². The number of rotatable bonds is 8. The average molecular weight is 250 g/mol. The Bertz CT molecular complexity index is 367. The molecule has 0 aliphatic carbocycles. The lowest BCUT2D eigenvalue weighted by Gasteiger charge is -2.06. The summed E-state index contributed by atoms with van der Waals surface area (Å²) in [6.45, 7) is 6.18. The van der Waals surface area contributed by atoms with Crippen LogP contribution in [0, 0.1) is 6.92 Å². The fourth-order valence-corrected chi connectivity index (χ4v) is 1.51. The van der Waals surface area contributed by atoms with Crippen molar-refractivity contribution in [3.8, 4) is 0 Å². The van der Waals surface area contributed by atoms with Crippen molar-refractivity contribution in [3.05, 3.63) is 29.6 Å². The molecule has 0 aliphatic rings. The minimum absolute atomic E-state index is 0.0472. The summed E-state index contributed by atoms with van der Waals surface area (Å²) >= 11 is 0. The van der Waals surface area contributed by atoms with Gasteiger partial charge in [-0.05, 0) is 31.9 Å². The van der Waals surface area contributed by atoms with Gasteiger partial charge < -0.3 is 10.1 Å². The second kappa shape index (κ2) is 8.64. The molecule has 4 heteroatoms. The number of carbonyl (C=O) groups excluding carboxylic acids is 1. The van der Waals surface area contributed by atoms with Gasteiger partial charge in [-0.1, -0.05) is 13.3 Å². The summed E-state index contributed by atoms with van der Waals surface area (Å²) in [6, 6.07) is 3.51. The Hall–Kier alpha value is -1.42. The van der Waals surface area contributed by atoms with E-state index < -0.39 is 0 Å². The van der Waals surface area contributed by atoms with E-state index >= 15 is 0 Å². The van der Waals surface area contributed by atoms with Crippen LogP contribution in [-0.4, -0.2) is 30.6 Å². The molecule has 0 radical (unpaired) electrons. The van der Waals surface area contributed by atoms with E-state index in [1.165, 1.54) is 0 Å². The van der Waals surface area contributed by atoms with Crippen molar-refractivity contribution in [2.45, 2.75) is 33.1 Å². The summed E-state index contributed by atoms with van der Waals surface area (Å²) in [7, 11) is 0. The molecule has 0 aromatic carbocycles. The molecule has 1 rings (SSSR count). The Morgan fingerprint density at radius 3 is 2.89 bits per heavy atom. The number of nitrogens with zero attached hydrogens (tertiary/aromatic N) is 1. The minimum Gasteiger partial charge on any atom is -0.381 e. The van der Waals surface area contributed by atoms with Gasteiger partial charge in [0, 0.05) is 37.2 Å². The van der Waals surface area contributed by atoms with Gasteiger partial charge in [-0.25, -0.2) is 0 Å². The molecule has 1 N–H and O–H groups in total. The summed E-state index contributed by atoms with van der Waals surface area (Å²) < 4.78 is 5.42. The van der Waals surface area contributed by atoms with Gasteiger partial charge in [-0.2, -0.15) is 0 Å². The van der Waals surface area contributed by atoms with Gasteiger partial charge in [0.15, 0.2) is 0 Å². The van der Waals surface area contributed by atoms with Crippen molar-refractivity contribution in [3.63, 3.8) is 0 Å². The van der Waals surface area contributed by atoms with Gasteiger partial charge >= 0.3 is 0 Å². The molecule has 1 aromatic rings. The lowest BCUT2D eigenvalue weighted by molar-refractivity contribution is 0.0940. The van der Waals surface area contributed by atoms with Crippen LogP contribution < -0.4 is 5.32 Å². The molecule has 4 nitrogen and oxygen atoms in total. The highest BCUT2D eigenvalue weighted by Gasteiger charge is 2.04. The van der Waals surface area contributed by atoms with Crippen LogP contribution in [0.2, 0.25) is 0 Å². The zero-order chi connectivity index (χ0) is 13.2. The minimum atomic E-state index is -0.0472. The molecule has 0 aliphatic heterocycles. The Balaban J connectivity index is 2.14. The first kappa shape index (κ1) is 14.6. The van der Waals surface area contributed by atoms with Gasteiger partial charge in [0.1, 0.15) is 0 Å². The maximum atomic E-state index is 11.8. The molecule has 0 spiro atoms. The van der Waals surface area contributed by atoms with Gasteiger partial charge in [0.05, 0.1) is 0 Å². The second-order valence-electron chi connectivity index (χ2n) is 4.26. The maximum absolute atomic E-state index is 11.8. The van der Waals surface area contributed by atoms with Crippen LogP contribution in [0.5, 0.6) is 0 Å². The lowest BCUT2D eigenvalue weighted by atomic mass is 10.2. The first-order valence-electron chi connectivity index (χ1n) is 6.52. The van der Waals surface area contributed by atoms with Gasteiger partial charge in [-0.3, -0.25) is 9.78 Å². The Labute approximate surface area is 109 Å². The normalized spacial score (nSPS) is 10.3. The molecule has 0 bridgehead atoms. The van der Waals surface area contributed by atoms with Crippen molar-refractivity contribution >= 4 is 5.91 Å². The number of nitrogens with one attached hydrogen (secondary N) is 1. The largest absolute Gasteiger partial charge is 0.381 e. The lowest BCUT2D eigenvalue weighted by Crippen LogP contribution is -2.25. The van der Waals surface area contributed by atoms with Crippen LogP contribution in [0.3, 0.4) is 0 Å². The van der Waals surface area contributed by atoms with E-state index in [1.54, 1.807) is 18.3 Å². The predicted molar refractivity (Wildman–Crippen MR) is 71.7 cm³/mol. The van der Waals surface area contributed by atoms with Crippen molar-refractivity contribution in [2.24, 2.45) is 0 Å². The number of hydrogen-bond acceptors (Lipinski definition) is 3. The average Bonchev–Trinajstić information content (AvgIpc) is 2.37. The topological polar surface area (TPSA) is 51.2 Å². The fraction of sp³-hybridized carbons (Fsp3) is 0.571. The number of aromatic nitrogens is 1. The van der Waals surface area contributed by atoms with Crippen LogP contribution in [0.25, 0.3) is 0 Å². The predicted octanol–water partition coefficient (Wildman–Crippen LogP) is 2.33. The molecule has 0 saturated carbocycles. The SMILES string of the molecule is CCCCOCCCNC(=O)c1ccnc(C)c1. The Morgan fingerprint density at radius 1 is 1.39 bits per heavy atom. The van der Waals surface area contributed by atoms with Crippen LogP contribution in [0.1, 0.15) is 42.2 Å². The molecule has 18 heavy (non-hydrogen) atoms. The Morgan fingerprint density at radius 2 is 2.17 bits per heavy atom. The molecule has 0 saturated heterocycles. The first-order valence-corrected chi connectivity index (χ1v) is 6.52. The summed E-state index contributed by atoms with van der Waals surface area (Å²) in [4.78, 5) is 15.8. The van der Waals surface area contributed by atoms with Gasteiger partial charge in [0.25, 0.3) is 5.91 Å². The standard InChI is InChI=1S/C14H22N2O2/c1-3-4-9-18-10-5-7-16-14(17)13-6-8-15-12(2)11-13/h6,8,11H,3-5,7,9-10H2,1-2H3,(H,16,17). The molecule has 0 unspecified atom stereocenters. The summed E-state index contributed by atoms with van der Waals surface area (Å²) in [6.07, 6.45) is 4.75. The van der Waals surface area contributed by atoms with Crippen LogP contribution >= 0.6 is 0 Å². The molecule has 1 aromatic heterocycles. The zero-order valence-corrected chi connectivity index (χ0v) is 11.2. The number of aryl methyl sites for hydroxylation is 1. The van der Waals surface area contributed by atoms with E-state index in [9.17, 15) is 4.79 Å². The van der Waals surface area contributed by atoms with E-state index in [-0.39, 0.29) is 5.91 Å². The number of amides is 1. The van der Waals surface area contributed by atoms with Gasteiger partial charge in [-0.15, -0.1) is 0 Å². The third-order valence-electron chi connectivity index (χ3n) is 2.55. The highest BCUT2D eigenvalue weighted by Crippen LogP contribution is 2.00. The molecule has 1 heterocycles. The van der Waals surface area contributed by atoms with Crippen molar-refractivity contribution in [1.29, 1.82) is 0 Å². The van der Waals surface area contributed by atoms with E-state index in [0.29, 0.717) is 18.7 Å². The van der Waals surface area contributed by atoms with E-state index in [0.717, 1.165) is 31.6 Å². The van der Waals surface area contributed by atoms with Crippen molar-refractivity contribution < 1.29 is 9.53 Å². The third-order valence-corrected chi connectivity index (χ3v) is 2.55. The summed E-state index contributed by atoms with van der Waals surface area (Å²) in [5.74, 6) is -0.0472. The summed E-state index contributed by atoms with van der Waals surface area (Å²) in [5.41, 5.74) is 1.51. The number of pyridine rings is 1. The fourth-order valence-electron chi connectivity index (χ4n) is 1.51. The second-order valence-corrected chi connectivity index (χ2v) is 4.26. The van der Waals surface area contributed by atoms with E-state index in [2.05, 4.69) is 17.2 Å². The quantitative estimate of drug-likeness (QED) is 0.720. The molecule has 100 valence electrons. The third kappa shape index (κ3) is 5.77. The highest BCUT2D eigenvalue weighted by molar-refractivity contribution is 5.94. The highest BCUT2D eigenvalue weighted by atomic mass is 16.5. The summed E-state index contributed by atoms with van der Waals surface area (Å²) in [5, 5.41) is 2.87. The van der Waals surface area contributed by atoms with E-state index in [4.69, 9.17) is 4.74 Å². The number of hydrogen-bond donors (Lipinski definition) is 1. The van der Waals surface area contributed by atoms with Crippen LogP contribution in [0.4, 0.5) is 0 Å². The number of unbranched alkanes of at least 4 members (excludes halogenated alkanes) is 1.